The summed E-state index contributed by atoms with van der Waals surface area (Å²) in [6.07, 6.45) is 5.91. The Morgan fingerprint density at radius 2 is 1.94 bits per heavy atom. The summed E-state index contributed by atoms with van der Waals surface area (Å²) >= 11 is 0. The fourth-order valence-electron chi connectivity index (χ4n) is 4.55. The van der Waals surface area contributed by atoms with Crippen molar-refractivity contribution >= 4 is 5.91 Å². The van der Waals surface area contributed by atoms with Crippen LogP contribution >= 0.6 is 0 Å². The van der Waals surface area contributed by atoms with Crippen molar-refractivity contribution in [2.45, 2.75) is 44.2 Å². The van der Waals surface area contributed by atoms with Gasteiger partial charge in [-0.15, -0.1) is 0 Å². The predicted octanol–water partition coefficient (Wildman–Crippen LogP) is 3.92. The van der Waals surface area contributed by atoms with E-state index in [1.54, 1.807) is 7.11 Å². The molecule has 1 saturated carbocycles. The summed E-state index contributed by atoms with van der Waals surface area (Å²) in [5.41, 5.74) is 2.86. The van der Waals surface area contributed by atoms with Gasteiger partial charge in [0.1, 0.15) is 11.9 Å². The van der Waals surface area contributed by atoms with Crippen LogP contribution in [0.3, 0.4) is 0 Å². The molecule has 2 fully saturated rings. The summed E-state index contributed by atoms with van der Waals surface area (Å²) in [5.74, 6) is 1.04. The average Bonchev–Trinajstić information content (AvgIpc) is 2.84. The number of amides is 1. The molecule has 1 aliphatic heterocycles. The molecule has 2 aromatic rings. The van der Waals surface area contributed by atoms with E-state index in [1.807, 2.05) is 54.4 Å². The molecule has 1 aromatic heterocycles. The molecule has 1 aliphatic carbocycles. The normalized spacial score (nSPS) is 20.4. The van der Waals surface area contributed by atoms with Gasteiger partial charge in [0.2, 0.25) is 5.91 Å². The van der Waals surface area contributed by atoms with E-state index in [9.17, 15) is 4.79 Å². The van der Waals surface area contributed by atoms with Crippen LogP contribution in [0.2, 0.25) is 0 Å². The van der Waals surface area contributed by atoms with E-state index in [1.165, 1.54) is 19.3 Å². The number of methoxy groups -OCH3 is 1. The second kappa shape index (κ2) is 10.2. The molecule has 0 bridgehead atoms. The maximum absolute atomic E-state index is 12.9. The highest BCUT2D eigenvalue weighted by Crippen LogP contribution is 2.26. The number of aromatic nitrogens is 1. The number of hydrogen-bond donors (Lipinski definition) is 0. The van der Waals surface area contributed by atoms with Crippen LogP contribution in [0.25, 0.3) is 11.3 Å². The van der Waals surface area contributed by atoms with Crippen LogP contribution in [-0.4, -0.2) is 67.1 Å². The first kappa shape index (κ1) is 21.8. The molecule has 2 heterocycles. The van der Waals surface area contributed by atoms with E-state index in [2.05, 4.69) is 4.90 Å². The van der Waals surface area contributed by atoms with Crippen molar-refractivity contribution < 1.29 is 14.3 Å². The Kier molecular flexibility index (Phi) is 7.20. The lowest BCUT2D eigenvalue weighted by Crippen LogP contribution is -2.47. The topological polar surface area (TPSA) is 54.9 Å². The van der Waals surface area contributed by atoms with Gasteiger partial charge in [0.15, 0.2) is 0 Å². The summed E-state index contributed by atoms with van der Waals surface area (Å²) in [6.45, 7) is 2.52. The zero-order valence-electron chi connectivity index (χ0n) is 18.6. The summed E-state index contributed by atoms with van der Waals surface area (Å²) in [6, 6.07) is 14.4. The number of carbonyl (C=O) groups excluding carboxylic acids is 1. The third-order valence-electron chi connectivity index (χ3n) is 6.51. The molecule has 4 rings (SSSR count). The quantitative estimate of drug-likeness (QED) is 0.705. The van der Waals surface area contributed by atoms with Crippen LogP contribution in [0.5, 0.6) is 5.75 Å². The largest absolute Gasteiger partial charge is 0.497 e. The zero-order chi connectivity index (χ0) is 21.6. The monoisotopic (exact) mass is 423 g/mol. The number of pyridine rings is 1. The van der Waals surface area contributed by atoms with Crippen LogP contribution < -0.4 is 4.74 Å². The first-order valence-electron chi connectivity index (χ1n) is 11.3. The van der Waals surface area contributed by atoms with Gasteiger partial charge in [0, 0.05) is 31.7 Å². The molecule has 6 heteroatoms. The molecule has 166 valence electrons. The fraction of sp³-hybridized carbons (Fsp3) is 0.520. The number of hydrogen-bond acceptors (Lipinski definition) is 5. The Hall–Kier alpha value is -2.44. The molecule has 31 heavy (non-hydrogen) atoms. The van der Waals surface area contributed by atoms with E-state index in [0.29, 0.717) is 25.7 Å². The van der Waals surface area contributed by atoms with Crippen molar-refractivity contribution in [2.24, 2.45) is 0 Å². The molecule has 6 nitrogen and oxygen atoms in total. The molecule has 1 aromatic carbocycles. The minimum Gasteiger partial charge on any atom is -0.497 e. The molecule has 1 amide bonds. The van der Waals surface area contributed by atoms with E-state index in [0.717, 1.165) is 42.1 Å². The highest BCUT2D eigenvalue weighted by atomic mass is 16.5. The number of benzene rings is 1. The predicted molar refractivity (Wildman–Crippen MR) is 121 cm³/mol. The molecule has 2 aliphatic rings. The molecule has 1 unspecified atom stereocenters. The minimum absolute atomic E-state index is 0.125. The number of nitrogens with zero attached hydrogens (tertiary/aromatic N) is 3. The van der Waals surface area contributed by atoms with Crippen molar-refractivity contribution in [3.8, 4) is 17.0 Å². The third-order valence-corrected chi connectivity index (χ3v) is 6.51. The molecular weight excluding hydrogens is 390 g/mol. The smallest absolute Gasteiger partial charge is 0.236 e. The molecule has 1 saturated heterocycles. The average molecular weight is 424 g/mol. The van der Waals surface area contributed by atoms with Crippen molar-refractivity contribution in [2.75, 3.05) is 40.4 Å². The number of morpholine rings is 1. The van der Waals surface area contributed by atoms with E-state index in [-0.39, 0.29) is 12.0 Å². The van der Waals surface area contributed by atoms with Crippen LogP contribution in [0, 0.1) is 0 Å². The van der Waals surface area contributed by atoms with Gasteiger partial charge in [-0.05, 0) is 49.2 Å². The van der Waals surface area contributed by atoms with E-state index in [4.69, 9.17) is 14.5 Å². The van der Waals surface area contributed by atoms with Crippen LogP contribution in [0.15, 0.2) is 42.5 Å². The number of ether oxygens (including phenoxy) is 2. The summed E-state index contributed by atoms with van der Waals surface area (Å²) in [4.78, 5) is 21.9. The standard InChI is InChI=1S/C25H33N3O3/c1-27(20-7-4-3-5-8-20)25(29)18-28-15-16-31-24(17-28)23-10-6-9-22(26-23)19-11-13-21(30-2)14-12-19/h6,9-14,20,24H,3-5,7-8,15-18H2,1-2H3. The number of likely N-dealkylation sites (N-methyl/N-ethyl adjacent to an activating group) is 1. The first-order valence-corrected chi connectivity index (χ1v) is 11.3. The van der Waals surface area contributed by atoms with E-state index >= 15 is 0 Å². The summed E-state index contributed by atoms with van der Waals surface area (Å²) in [7, 11) is 3.63. The molecule has 0 radical (unpaired) electrons. The molecular formula is C25H33N3O3. The maximum Gasteiger partial charge on any atom is 0.236 e. The van der Waals surface area contributed by atoms with Crippen molar-refractivity contribution in [3.63, 3.8) is 0 Å². The minimum atomic E-state index is -0.125. The lowest BCUT2D eigenvalue weighted by Gasteiger charge is -2.36. The molecule has 0 N–H and O–H groups in total. The zero-order valence-corrected chi connectivity index (χ0v) is 18.6. The van der Waals surface area contributed by atoms with Gasteiger partial charge in [-0.1, -0.05) is 25.3 Å². The van der Waals surface area contributed by atoms with Gasteiger partial charge in [0.25, 0.3) is 0 Å². The van der Waals surface area contributed by atoms with Crippen LogP contribution in [0.1, 0.15) is 43.9 Å². The SMILES string of the molecule is COc1ccc(-c2cccc(C3CN(CC(=O)N(C)C4CCCCC4)CCO3)n2)cc1. The highest BCUT2D eigenvalue weighted by Gasteiger charge is 2.28. The lowest BCUT2D eigenvalue weighted by molar-refractivity contribution is -0.135. The molecule has 0 spiro atoms. The second-order valence-corrected chi connectivity index (χ2v) is 8.57. The number of rotatable bonds is 6. The van der Waals surface area contributed by atoms with Crippen molar-refractivity contribution in [1.82, 2.24) is 14.8 Å². The summed E-state index contributed by atoms with van der Waals surface area (Å²) < 4.78 is 11.3. The second-order valence-electron chi connectivity index (χ2n) is 8.57. The van der Waals surface area contributed by atoms with Gasteiger partial charge in [-0.3, -0.25) is 14.7 Å². The first-order chi connectivity index (χ1) is 15.1. The van der Waals surface area contributed by atoms with E-state index < -0.39 is 0 Å². The van der Waals surface area contributed by atoms with Gasteiger partial charge < -0.3 is 14.4 Å². The van der Waals surface area contributed by atoms with Crippen molar-refractivity contribution in [1.29, 1.82) is 0 Å². The Balaban J connectivity index is 1.39. The fourth-order valence-corrected chi connectivity index (χ4v) is 4.55. The van der Waals surface area contributed by atoms with Gasteiger partial charge in [-0.25, -0.2) is 0 Å². The van der Waals surface area contributed by atoms with Crippen molar-refractivity contribution in [3.05, 3.63) is 48.2 Å². The Morgan fingerprint density at radius 1 is 1.16 bits per heavy atom. The highest BCUT2D eigenvalue weighted by molar-refractivity contribution is 5.78. The van der Waals surface area contributed by atoms with Crippen LogP contribution in [0.4, 0.5) is 0 Å². The van der Waals surface area contributed by atoms with Gasteiger partial charge in [0.05, 0.1) is 31.6 Å². The Bertz CT molecular complexity index is 865. The maximum atomic E-state index is 12.9. The number of carbonyl (C=O) groups is 1. The lowest BCUT2D eigenvalue weighted by atomic mass is 9.94. The Labute approximate surface area is 185 Å². The molecule has 1 atom stereocenters. The summed E-state index contributed by atoms with van der Waals surface area (Å²) in [5, 5.41) is 0. The van der Waals surface area contributed by atoms with Crippen LogP contribution in [-0.2, 0) is 9.53 Å². The third kappa shape index (κ3) is 5.43. The van der Waals surface area contributed by atoms with Gasteiger partial charge >= 0.3 is 0 Å². The van der Waals surface area contributed by atoms with Gasteiger partial charge in [-0.2, -0.15) is 0 Å². The Morgan fingerprint density at radius 3 is 2.68 bits per heavy atom.